The topological polar surface area (TPSA) is 55.7 Å². The van der Waals surface area contributed by atoms with E-state index in [-0.39, 0.29) is 0 Å². The third kappa shape index (κ3) is 2.49. The first-order valence-electron chi connectivity index (χ1n) is 7.79. The van der Waals surface area contributed by atoms with Gasteiger partial charge < -0.3 is 4.74 Å². The molecule has 0 saturated carbocycles. The number of aryl methyl sites for hydroxylation is 1. The predicted molar refractivity (Wildman–Crippen MR) is 94.4 cm³/mol. The lowest BCUT2D eigenvalue weighted by atomic mass is 9.93. The summed E-state index contributed by atoms with van der Waals surface area (Å²) in [6.07, 6.45) is 5.80. The number of fused-ring (bicyclic) bond motifs is 1. The van der Waals surface area contributed by atoms with Crippen LogP contribution in [0.2, 0.25) is 0 Å². The lowest BCUT2D eigenvalue weighted by Gasteiger charge is -2.12. The van der Waals surface area contributed by atoms with Crippen molar-refractivity contribution in [1.82, 2.24) is 20.0 Å². The quantitative estimate of drug-likeness (QED) is 0.623. The van der Waals surface area contributed by atoms with Crippen LogP contribution in [-0.4, -0.2) is 27.1 Å². The minimum Gasteiger partial charge on any atom is -0.380 e. The van der Waals surface area contributed by atoms with Crippen LogP contribution >= 0.6 is 0 Å². The zero-order chi connectivity index (χ0) is 16.5. The molecule has 0 aliphatic heterocycles. The van der Waals surface area contributed by atoms with Gasteiger partial charge >= 0.3 is 0 Å². The smallest absolute Gasteiger partial charge is 0.0713 e. The van der Waals surface area contributed by atoms with Gasteiger partial charge in [-0.3, -0.25) is 9.78 Å². The molecule has 2 heterocycles. The average molecular weight is 318 g/mol. The van der Waals surface area contributed by atoms with Gasteiger partial charge in [-0.1, -0.05) is 24.3 Å². The maximum Gasteiger partial charge on any atom is 0.0713 e. The zero-order valence-electron chi connectivity index (χ0n) is 13.7. The van der Waals surface area contributed by atoms with E-state index in [2.05, 4.69) is 39.6 Å². The fourth-order valence-corrected chi connectivity index (χ4v) is 3.08. The second kappa shape index (κ2) is 5.94. The molecule has 0 fully saturated rings. The second-order valence-corrected chi connectivity index (χ2v) is 5.85. The van der Waals surface area contributed by atoms with Crippen LogP contribution in [0.5, 0.6) is 0 Å². The van der Waals surface area contributed by atoms with E-state index in [1.807, 2.05) is 42.5 Å². The number of aromatic amines is 1. The van der Waals surface area contributed by atoms with Gasteiger partial charge in [0.05, 0.1) is 24.5 Å². The molecule has 5 nitrogen and oxygen atoms in total. The van der Waals surface area contributed by atoms with Crippen molar-refractivity contribution < 1.29 is 4.74 Å². The molecule has 0 radical (unpaired) electrons. The highest BCUT2D eigenvalue weighted by atomic mass is 16.5. The highest BCUT2D eigenvalue weighted by molar-refractivity contribution is 5.98. The van der Waals surface area contributed by atoms with Crippen LogP contribution in [0.15, 0.2) is 55.0 Å². The van der Waals surface area contributed by atoms with E-state index in [0.29, 0.717) is 6.61 Å². The molecule has 24 heavy (non-hydrogen) atoms. The molecule has 1 N–H and O–H groups in total. The van der Waals surface area contributed by atoms with Crippen molar-refractivity contribution in [3.63, 3.8) is 0 Å². The van der Waals surface area contributed by atoms with E-state index < -0.39 is 0 Å². The largest absolute Gasteiger partial charge is 0.380 e. The molecular weight excluding hydrogens is 300 g/mol. The Labute approximate surface area is 139 Å². The van der Waals surface area contributed by atoms with Gasteiger partial charge in [-0.2, -0.15) is 10.2 Å². The van der Waals surface area contributed by atoms with Crippen LogP contribution in [0.3, 0.4) is 0 Å². The first-order valence-corrected chi connectivity index (χ1v) is 7.79. The van der Waals surface area contributed by atoms with Gasteiger partial charge in [-0.25, -0.2) is 0 Å². The molecule has 0 amide bonds. The number of nitrogens with one attached hydrogen (secondary N) is 1. The summed E-state index contributed by atoms with van der Waals surface area (Å²) in [5.74, 6) is 0. The van der Waals surface area contributed by atoms with E-state index in [1.165, 1.54) is 0 Å². The predicted octanol–water partition coefficient (Wildman–Crippen LogP) is 3.78. The van der Waals surface area contributed by atoms with E-state index in [4.69, 9.17) is 4.74 Å². The van der Waals surface area contributed by atoms with Crippen LogP contribution in [0, 0.1) is 0 Å². The van der Waals surface area contributed by atoms with Crippen molar-refractivity contribution in [1.29, 1.82) is 0 Å². The fraction of sp³-hybridized carbons (Fsp3) is 0.158. The molecule has 5 heteroatoms. The first-order chi connectivity index (χ1) is 11.8. The molecule has 0 unspecified atom stereocenters. The van der Waals surface area contributed by atoms with Gasteiger partial charge in [-0.15, -0.1) is 0 Å². The van der Waals surface area contributed by atoms with Crippen molar-refractivity contribution >= 4 is 10.9 Å². The summed E-state index contributed by atoms with van der Waals surface area (Å²) < 4.78 is 7.11. The molecule has 0 spiro atoms. The fourth-order valence-electron chi connectivity index (χ4n) is 3.08. The van der Waals surface area contributed by atoms with E-state index in [0.717, 1.165) is 38.7 Å². The molecule has 4 rings (SSSR count). The number of methoxy groups -OCH3 is 1. The van der Waals surface area contributed by atoms with Crippen molar-refractivity contribution in [3.05, 3.63) is 60.6 Å². The number of hydrogen-bond acceptors (Lipinski definition) is 3. The van der Waals surface area contributed by atoms with E-state index >= 15 is 0 Å². The molecule has 0 atom stereocenters. The molecule has 0 aliphatic carbocycles. The average Bonchev–Trinajstić information content (AvgIpc) is 3.23. The number of H-pyrrole nitrogens is 1. The number of hydrogen-bond donors (Lipinski definition) is 1. The molecule has 2 aromatic carbocycles. The molecule has 4 aromatic rings. The normalized spacial score (nSPS) is 11.2. The maximum atomic E-state index is 5.29. The molecule has 0 bridgehead atoms. The Balaban J connectivity index is 1.96. The summed E-state index contributed by atoms with van der Waals surface area (Å²) in [7, 11) is 3.64. The summed E-state index contributed by atoms with van der Waals surface area (Å²) in [6.45, 7) is 0.587. The summed E-state index contributed by atoms with van der Waals surface area (Å²) in [5, 5.41) is 12.7. The van der Waals surface area contributed by atoms with Crippen molar-refractivity contribution in [2.45, 2.75) is 6.61 Å². The minimum absolute atomic E-state index is 0.587. The van der Waals surface area contributed by atoms with Gasteiger partial charge in [0.2, 0.25) is 0 Å². The van der Waals surface area contributed by atoms with Crippen molar-refractivity contribution in [3.8, 4) is 22.3 Å². The third-order valence-electron chi connectivity index (χ3n) is 4.19. The molecule has 120 valence electrons. The number of aromatic nitrogens is 4. The second-order valence-electron chi connectivity index (χ2n) is 5.85. The Morgan fingerprint density at radius 2 is 2.00 bits per heavy atom. The Morgan fingerprint density at radius 1 is 1.08 bits per heavy atom. The summed E-state index contributed by atoms with van der Waals surface area (Å²) in [5.41, 5.74) is 6.72. The van der Waals surface area contributed by atoms with Crippen molar-refractivity contribution in [2.75, 3.05) is 7.11 Å². The SMILES string of the molecule is COCc1ccc(-c2cccc3[nH]ncc23)c(-c2cnn(C)c2)c1. The van der Waals surface area contributed by atoms with Gasteiger partial charge in [0.25, 0.3) is 0 Å². The van der Waals surface area contributed by atoms with Crippen LogP contribution in [0.1, 0.15) is 5.56 Å². The van der Waals surface area contributed by atoms with Crippen LogP contribution < -0.4 is 0 Å². The van der Waals surface area contributed by atoms with Crippen LogP contribution in [0.25, 0.3) is 33.2 Å². The van der Waals surface area contributed by atoms with Gasteiger partial charge in [0, 0.05) is 31.3 Å². The third-order valence-corrected chi connectivity index (χ3v) is 4.19. The molecule has 0 aliphatic rings. The van der Waals surface area contributed by atoms with E-state index in [1.54, 1.807) is 7.11 Å². The highest BCUT2D eigenvalue weighted by Gasteiger charge is 2.13. The standard InChI is InChI=1S/C19H18N4O/c1-23-11-14(9-21-23)17-8-13(12-24-2)6-7-16(17)15-4-3-5-19-18(15)10-20-22-19/h3-11H,12H2,1-2H3,(H,20,22). The monoisotopic (exact) mass is 318 g/mol. The minimum atomic E-state index is 0.587. The highest BCUT2D eigenvalue weighted by Crippen LogP contribution is 2.36. The summed E-state index contributed by atoms with van der Waals surface area (Å²) in [4.78, 5) is 0. The number of rotatable bonds is 4. The van der Waals surface area contributed by atoms with Gasteiger partial charge in [0.1, 0.15) is 0 Å². The lowest BCUT2D eigenvalue weighted by molar-refractivity contribution is 0.185. The Hall–Kier alpha value is -2.92. The maximum absolute atomic E-state index is 5.29. The van der Waals surface area contributed by atoms with Gasteiger partial charge in [0.15, 0.2) is 0 Å². The molecule has 2 aromatic heterocycles. The Kier molecular flexibility index (Phi) is 3.63. The van der Waals surface area contributed by atoms with Crippen LogP contribution in [-0.2, 0) is 18.4 Å². The number of ether oxygens (including phenoxy) is 1. The molecule has 0 saturated heterocycles. The lowest BCUT2D eigenvalue weighted by Crippen LogP contribution is -1.91. The first kappa shape index (κ1) is 14.7. The Morgan fingerprint density at radius 3 is 2.79 bits per heavy atom. The Bertz CT molecular complexity index is 999. The van der Waals surface area contributed by atoms with Crippen molar-refractivity contribution in [2.24, 2.45) is 7.05 Å². The number of benzene rings is 2. The number of nitrogens with zero attached hydrogens (tertiary/aromatic N) is 3. The summed E-state index contributed by atoms with van der Waals surface area (Å²) >= 11 is 0. The van der Waals surface area contributed by atoms with Gasteiger partial charge in [-0.05, 0) is 34.4 Å². The zero-order valence-corrected chi connectivity index (χ0v) is 13.7. The molecular formula is C19H18N4O. The van der Waals surface area contributed by atoms with Crippen LogP contribution in [0.4, 0.5) is 0 Å². The van der Waals surface area contributed by atoms with E-state index in [9.17, 15) is 0 Å². The summed E-state index contributed by atoms with van der Waals surface area (Å²) in [6, 6.07) is 12.6.